The van der Waals surface area contributed by atoms with Crippen molar-refractivity contribution in [1.82, 2.24) is 19.8 Å². The maximum absolute atomic E-state index is 12.8. The number of fused-ring (bicyclic) bond motifs is 1. The molecule has 39 heavy (non-hydrogen) atoms. The Kier molecular flexibility index (Phi) is 9.86. The van der Waals surface area contributed by atoms with Crippen LogP contribution in [0.3, 0.4) is 0 Å². The number of halogens is 1. The minimum Gasteiger partial charge on any atom is -0.495 e. The van der Waals surface area contributed by atoms with Gasteiger partial charge in [0.25, 0.3) is 0 Å². The second-order valence-electron chi connectivity index (χ2n) is 9.41. The number of nitrogens with one attached hydrogen (secondary N) is 3. The van der Waals surface area contributed by atoms with E-state index in [9.17, 15) is 9.90 Å². The van der Waals surface area contributed by atoms with Crippen LogP contribution in [0.15, 0.2) is 72.4 Å². The lowest BCUT2D eigenvalue weighted by atomic mass is 10.1. The number of aliphatic hydroxyl groups is 1. The molecule has 0 radical (unpaired) electrons. The van der Waals surface area contributed by atoms with Crippen LogP contribution in [0.4, 0.5) is 16.3 Å². The number of carbonyl (C=O) groups excluding carboxylic acids is 1. The number of pyridine rings is 1. The van der Waals surface area contributed by atoms with Gasteiger partial charge in [-0.25, -0.2) is 9.78 Å². The van der Waals surface area contributed by atoms with Crippen molar-refractivity contribution in [3.63, 3.8) is 0 Å². The monoisotopic (exact) mass is 552 g/mol. The maximum atomic E-state index is 12.8. The molecule has 0 bridgehead atoms. The number of amides is 2. The van der Waals surface area contributed by atoms with Crippen LogP contribution in [0.2, 0.25) is 0 Å². The average Bonchev–Trinajstić information content (AvgIpc) is 3.33. The van der Waals surface area contributed by atoms with Crippen molar-refractivity contribution in [2.24, 2.45) is 0 Å². The van der Waals surface area contributed by atoms with Gasteiger partial charge in [0, 0.05) is 43.7 Å². The fraction of sp³-hybridized carbons (Fsp3) is 0.379. The maximum Gasteiger partial charge on any atom is 0.323 e. The zero-order valence-corrected chi connectivity index (χ0v) is 23.4. The normalized spacial score (nSPS) is 16.0. The number of ether oxygens (including phenoxy) is 1. The van der Waals surface area contributed by atoms with E-state index >= 15 is 0 Å². The largest absolute Gasteiger partial charge is 0.495 e. The van der Waals surface area contributed by atoms with Crippen LogP contribution >= 0.6 is 11.6 Å². The number of hydrogen-bond donors (Lipinski definition) is 4. The van der Waals surface area contributed by atoms with Gasteiger partial charge in [-0.05, 0) is 55.1 Å². The van der Waals surface area contributed by atoms with E-state index in [0.29, 0.717) is 42.3 Å². The summed E-state index contributed by atoms with van der Waals surface area (Å²) in [5, 5.41) is 20.1. The van der Waals surface area contributed by atoms with Gasteiger partial charge in [0.05, 0.1) is 29.4 Å². The van der Waals surface area contributed by atoms with Crippen LogP contribution in [0.25, 0.3) is 10.9 Å². The number of anilines is 2. The van der Waals surface area contributed by atoms with Gasteiger partial charge < -0.3 is 35.3 Å². The number of carbonyl (C=O) groups is 1. The Hall–Kier alpha value is -3.53. The van der Waals surface area contributed by atoms with Gasteiger partial charge in [0.1, 0.15) is 17.8 Å². The number of alkyl halides is 1. The number of urea groups is 1. The summed E-state index contributed by atoms with van der Waals surface area (Å²) in [6.45, 7) is 7.59. The zero-order valence-electron chi connectivity index (χ0n) is 22.7. The summed E-state index contributed by atoms with van der Waals surface area (Å²) in [4.78, 5) is 19.5. The van der Waals surface area contributed by atoms with Crippen molar-refractivity contribution in [3.05, 3.63) is 78.0 Å². The van der Waals surface area contributed by atoms with Crippen molar-refractivity contribution in [2.75, 3.05) is 37.4 Å². The van der Waals surface area contributed by atoms with E-state index in [0.717, 1.165) is 36.1 Å². The molecule has 1 aliphatic carbocycles. The van der Waals surface area contributed by atoms with Crippen LogP contribution in [0.1, 0.15) is 32.3 Å². The minimum absolute atomic E-state index is 0.198. The summed E-state index contributed by atoms with van der Waals surface area (Å²) in [5.41, 5.74) is 3.36. The molecule has 10 heteroatoms. The molecule has 0 fully saturated rings. The molecule has 3 aromatic rings. The molecule has 1 aromatic carbocycles. The molecule has 2 atom stereocenters. The first-order valence-electron chi connectivity index (χ1n) is 13.3. The van der Waals surface area contributed by atoms with Crippen LogP contribution in [-0.4, -0.2) is 63.9 Å². The lowest BCUT2D eigenvalue weighted by Crippen LogP contribution is -2.31. The van der Waals surface area contributed by atoms with E-state index in [1.54, 1.807) is 19.4 Å². The van der Waals surface area contributed by atoms with Crippen LogP contribution in [0, 0.1) is 0 Å². The second-order valence-corrected chi connectivity index (χ2v) is 9.97. The van der Waals surface area contributed by atoms with Crippen molar-refractivity contribution in [2.45, 2.75) is 44.8 Å². The quantitative estimate of drug-likeness (QED) is 0.184. The first-order valence-corrected chi connectivity index (χ1v) is 13.7. The van der Waals surface area contributed by atoms with Gasteiger partial charge in [-0.15, -0.1) is 11.6 Å². The Balaban J connectivity index is 1.42. The van der Waals surface area contributed by atoms with E-state index in [4.69, 9.17) is 16.3 Å². The Labute approximate surface area is 234 Å². The molecule has 0 aliphatic heterocycles. The van der Waals surface area contributed by atoms with E-state index in [1.165, 1.54) is 0 Å². The number of hydrogen-bond acceptors (Lipinski definition) is 6. The standard InChI is InChI=1S/C29H37ClN6O3/c1-4-35(5-2)15-13-28(37)34-27-17-20(11-14-31-27)19-36-16-12-22-23(7-6-8-25(22)36)32-29(38)33-24-18-21(30)9-10-26(24)39-3/h6-12,14,16-17,21,28,37H,4-5,13,15,18-19H2,1-3H3,(H,31,34)(H2,32,33,38). The topological polar surface area (TPSA) is 104 Å². The van der Waals surface area contributed by atoms with Crippen molar-refractivity contribution >= 4 is 40.0 Å². The first kappa shape index (κ1) is 28.5. The van der Waals surface area contributed by atoms with Gasteiger partial charge in [-0.2, -0.15) is 0 Å². The Morgan fingerprint density at radius 1 is 1.26 bits per heavy atom. The van der Waals surface area contributed by atoms with Crippen molar-refractivity contribution < 1.29 is 14.6 Å². The lowest BCUT2D eigenvalue weighted by molar-refractivity contribution is 0.167. The first-order chi connectivity index (χ1) is 18.9. The molecule has 4 rings (SSSR count). The number of aliphatic hydroxyl groups excluding tert-OH is 1. The molecule has 2 amide bonds. The molecule has 4 N–H and O–H groups in total. The molecule has 2 unspecified atom stereocenters. The predicted molar refractivity (Wildman–Crippen MR) is 157 cm³/mol. The number of allylic oxidation sites excluding steroid dienone is 3. The average molecular weight is 553 g/mol. The minimum atomic E-state index is -0.670. The number of rotatable bonds is 12. The van der Waals surface area contributed by atoms with Crippen LogP contribution in [-0.2, 0) is 11.3 Å². The molecule has 2 heterocycles. The summed E-state index contributed by atoms with van der Waals surface area (Å²) in [5.74, 6) is 1.23. The van der Waals surface area contributed by atoms with E-state index in [1.807, 2.05) is 48.7 Å². The van der Waals surface area contributed by atoms with Gasteiger partial charge in [-0.1, -0.05) is 26.0 Å². The highest BCUT2D eigenvalue weighted by Gasteiger charge is 2.18. The summed E-state index contributed by atoms with van der Waals surface area (Å²) in [7, 11) is 1.56. The SMILES string of the molecule is CCN(CC)CCC(O)Nc1cc(Cn2ccc3c(NC(=O)NC4=C(OC)C=CC(Cl)C4)cccc32)ccn1. The van der Waals surface area contributed by atoms with Crippen molar-refractivity contribution in [1.29, 1.82) is 0 Å². The summed E-state index contributed by atoms with van der Waals surface area (Å²) in [6.07, 6.45) is 7.77. The third-order valence-corrected chi connectivity index (χ3v) is 7.10. The van der Waals surface area contributed by atoms with E-state index in [2.05, 4.69) is 44.2 Å². The second kappa shape index (κ2) is 13.5. The summed E-state index contributed by atoms with van der Waals surface area (Å²) >= 11 is 6.22. The fourth-order valence-corrected chi connectivity index (χ4v) is 4.88. The van der Waals surface area contributed by atoms with Crippen molar-refractivity contribution in [3.8, 4) is 0 Å². The fourth-order valence-electron chi connectivity index (χ4n) is 4.66. The number of methoxy groups -OCH3 is 1. The molecule has 0 saturated heterocycles. The predicted octanol–water partition coefficient (Wildman–Crippen LogP) is 5.09. The van der Waals surface area contributed by atoms with Gasteiger partial charge in [0.2, 0.25) is 0 Å². The van der Waals surface area contributed by atoms with Gasteiger partial charge >= 0.3 is 6.03 Å². The third kappa shape index (κ3) is 7.53. The zero-order chi connectivity index (χ0) is 27.8. The highest BCUT2D eigenvalue weighted by atomic mass is 35.5. The molecule has 208 valence electrons. The number of aromatic nitrogens is 2. The number of nitrogens with zero attached hydrogens (tertiary/aromatic N) is 3. The molecular weight excluding hydrogens is 516 g/mol. The summed E-state index contributed by atoms with van der Waals surface area (Å²) in [6, 6.07) is 11.3. The molecule has 9 nitrogen and oxygen atoms in total. The lowest BCUT2D eigenvalue weighted by Gasteiger charge is -2.21. The third-order valence-electron chi connectivity index (χ3n) is 6.80. The van der Waals surface area contributed by atoms with Crippen LogP contribution in [0.5, 0.6) is 0 Å². The van der Waals surface area contributed by atoms with E-state index < -0.39 is 6.23 Å². The number of benzene rings is 1. The van der Waals surface area contributed by atoms with E-state index in [-0.39, 0.29) is 11.4 Å². The summed E-state index contributed by atoms with van der Waals surface area (Å²) < 4.78 is 7.47. The Bertz CT molecular complexity index is 1330. The smallest absolute Gasteiger partial charge is 0.323 e. The van der Waals surface area contributed by atoms with Gasteiger partial charge in [0.15, 0.2) is 0 Å². The Morgan fingerprint density at radius 2 is 2.08 bits per heavy atom. The molecule has 0 saturated carbocycles. The van der Waals surface area contributed by atoms with Gasteiger partial charge in [-0.3, -0.25) is 0 Å². The highest BCUT2D eigenvalue weighted by Crippen LogP contribution is 2.26. The molecule has 2 aromatic heterocycles. The molecule has 1 aliphatic rings. The highest BCUT2D eigenvalue weighted by molar-refractivity contribution is 6.22. The Morgan fingerprint density at radius 3 is 2.85 bits per heavy atom. The van der Waals surface area contributed by atoms with Crippen LogP contribution < -0.4 is 16.0 Å². The molecule has 0 spiro atoms. The molecular formula is C29H37ClN6O3.